The predicted molar refractivity (Wildman–Crippen MR) is 48.4 cm³/mol. The summed E-state index contributed by atoms with van der Waals surface area (Å²) in [5, 5.41) is 22.2. The molecule has 0 amide bonds. The van der Waals surface area contributed by atoms with Crippen LogP contribution >= 0.6 is 0 Å². The van der Waals surface area contributed by atoms with Crippen molar-refractivity contribution in [3.05, 3.63) is 24.5 Å². The number of rotatable bonds is 2. The summed E-state index contributed by atoms with van der Waals surface area (Å²) in [7, 11) is 0. The van der Waals surface area contributed by atoms with Crippen LogP contribution in [0.25, 0.3) is 5.70 Å². The Balaban J connectivity index is 3.11. The number of aliphatic hydroxyl groups is 1. The van der Waals surface area contributed by atoms with E-state index in [1.807, 2.05) is 6.07 Å². The second-order valence-electron chi connectivity index (χ2n) is 3.17. The van der Waals surface area contributed by atoms with E-state index in [4.69, 9.17) is 5.26 Å². The van der Waals surface area contributed by atoms with Crippen LogP contribution in [0.2, 0.25) is 0 Å². The Bertz CT molecular complexity index is 338. The Morgan fingerprint density at radius 1 is 1.69 bits per heavy atom. The average Bonchev–Trinajstić information content (AvgIpc) is 2.49. The molecule has 0 saturated heterocycles. The van der Waals surface area contributed by atoms with Crippen LogP contribution in [0, 0.1) is 11.3 Å². The minimum atomic E-state index is -1.07. The summed E-state index contributed by atoms with van der Waals surface area (Å²) in [5.41, 5.74) is -0.609. The van der Waals surface area contributed by atoms with Gasteiger partial charge in [-0.15, -0.1) is 0 Å². The van der Waals surface area contributed by atoms with Crippen LogP contribution in [0.4, 0.5) is 0 Å². The lowest BCUT2D eigenvalue weighted by Crippen LogP contribution is -2.25. The van der Waals surface area contributed by atoms with Crippen molar-refractivity contribution in [1.29, 1.82) is 5.26 Å². The highest BCUT2D eigenvalue weighted by molar-refractivity contribution is 5.55. The van der Waals surface area contributed by atoms with Crippen molar-refractivity contribution in [3.63, 3.8) is 0 Å². The van der Waals surface area contributed by atoms with Gasteiger partial charge in [0.05, 0.1) is 11.8 Å². The van der Waals surface area contributed by atoms with E-state index < -0.39 is 5.60 Å². The fraction of sp³-hybridized carbons (Fsp3) is 0.333. The number of allylic oxidation sites excluding steroid dienone is 1. The van der Waals surface area contributed by atoms with E-state index in [1.165, 1.54) is 10.8 Å². The van der Waals surface area contributed by atoms with Crippen molar-refractivity contribution in [2.24, 2.45) is 0 Å². The van der Waals surface area contributed by atoms with E-state index in [9.17, 15) is 5.11 Å². The molecule has 0 bridgehead atoms. The molecule has 13 heavy (non-hydrogen) atoms. The van der Waals surface area contributed by atoms with Gasteiger partial charge in [-0.05, 0) is 19.9 Å². The summed E-state index contributed by atoms with van der Waals surface area (Å²) in [6, 6.07) is 3.61. The summed E-state index contributed by atoms with van der Waals surface area (Å²) < 4.78 is 1.48. The van der Waals surface area contributed by atoms with Gasteiger partial charge < -0.3 is 5.11 Å². The molecule has 0 aliphatic heterocycles. The SMILES string of the molecule is CC(C)(O)C(=CC#N)n1cccn1. The van der Waals surface area contributed by atoms with Gasteiger partial charge in [-0.3, -0.25) is 0 Å². The average molecular weight is 177 g/mol. The lowest BCUT2D eigenvalue weighted by atomic mass is 10.1. The molecule has 0 aliphatic carbocycles. The van der Waals surface area contributed by atoms with Gasteiger partial charge in [0, 0.05) is 18.5 Å². The highest BCUT2D eigenvalue weighted by Crippen LogP contribution is 2.19. The standard InChI is InChI=1S/C9H11N3O/c1-9(2,13)8(4-5-10)12-7-3-6-11-12/h3-4,6-7,13H,1-2H3. The molecule has 1 N–H and O–H groups in total. The minimum absolute atomic E-state index is 0.458. The number of nitriles is 1. The maximum absolute atomic E-state index is 9.70. The first-order valence-corrected chi connectivity index (χ1v) is 3.88. The molecule has 68 valence electrons. The van der Waals surface area contributed by atoms with Gasteiger partial charge in [0.2, 0.25) is 0 Å². The lowest BCUT2D eigenvalue weighted by Gasteiger charge is -2.20. The molecule has 0 spiro atoms. The molecular weight excluding hydrogens is 166 g/mol. The summed E-state index contributed by atoms with van der Waals surface area (Å²) in [4.78, 5) is 0. The van der Waals surface area contributed by atoms with E-state index in [-0.39, 0.29) is 0 Å². The fourth-order valence-electron chi connectivity index (χ4n) is 0.996. The molecule has 4 heteroatoms. The molecule has 0 fully saturated rings. The molecule has 0 saturated carbocycles. The zero-order chi connectivity index (χ0) is 9.90. The molecule has 0 aliphatic rings. The number of nitrogens with zero attached hydrogens (tertiary/aromatic N) is 3. The molecule has 0 unspecified atom stereocenters. The third-order valence-electron chi connectivity index (χ3n) is 1.58. The lowest BCUT2D eigenvalue weighted by molar-refractivity contribution is 0.136. The maximum Gasteiger partial charge on any atom is 0.102 e. The van der Waals surface area contributed by atoms with Crippen LogP contribution < -0.4 is 0 Å². The molecule has 0 radical (unpaired) electrons. The molecule has 4 nitrogen and oxygen atoms in total. The van der Waals surface area contributed by atoms with Crippen LogP contribution in [0.1, 0.15) is 13.8 Å². The quantitative estimate of drug-likeness (QED) is 0.686. The van der Waals surface area contributed by atoms with E-state index in [1.54, 1.807) is 32.3 Å². The van der Waals surface area contributed by atoms with Gasteiger partial charge in [0.25, 0.3) is 0 Å². The van der Waals surface area contributed by atoms with Crippen molar-refractivity contribution in [1.82, 2.24) is 9.78 Å². The molecule has 0 atom stereocenters. The molecule has 1 heterocycles. The van der Waals surface area contributed by atoms with Crippen LogP contribution in [0.3, 0.4) is 0 Å². The Hall–Kier alpha value is -1.60. The van der Waals surface area contributed by atoms with Crippen molar-refractivity contribution < 1.29 is 5.11 Å². The molecule has 1 rings (SSSR count). The predicted octanol–water partition coefficient (Wildman–Crippen LogP) is 1.02. The summed E-state index contributed by atoms with van der Waals surface area (Å²) in [5.74, 6) is 0. The summed E-state index contributed by atoms with van der Waals surface area (Å²) in [6.07, 6.45) is 4.56. The van der Waals surface area contributed by atoms with Gasteiger partial charge in [-0.25, -0.2) is 4.68 Å². The normalized spacial score (nSPS) is 12.6. The van der Waals surface area contributed by atoms with Crippen molar-refractivity contribution >= 4 is 5.70 Å². The molecular formula is C9H11N3O. The van der Waals surface area contributed by atoms with Gasteiger partial charge in [-0.2, -0.15) is 10.4 Å². The summed E-state index contributed by atoms with van der Waals surface area (Å²) >= 11 is 0. The first-order chi connectivity index (χ1) is 6.05. The van der Waals surface area contributed by atoms with Crippen molar-refractivity contribution in [2.45, 2.75) is 19.4 Å². The van der Waals surface area contributed by atoms with Gasteiger partial charge in [0.15, 0.2) is 0 Å². The Labute approximate surface area is 76.7 Å². The van der Waals surface area contributed by atoms with Crippen molar-refractivity contribution in [2.75, 3.05) is 0 Å². The molecule has 1 aromatic rings. The third-order valence-corrected chi connectivity index (χ3v) is 1.58. The van der Waals surface area contributed by atoms with Crippen LogP contribution in [0.5, 0.6) is 0 Å². The Morgan fingerprint density at radius 3 is 2.77 bits per heavy atom. The third kappa shape index (κ3) is 2.17. The van der Waals surface area contributed by atoms with E-state index in [0.29, 0.717) is 5.70 Å². The monoisotopic (exact) mass is 177 g/mol. The molecule has 0 aromatic carbocycles. The maximum atomic E-state index is 9.70. The van der Waals surface area contributed by atoms with E-state index >= 15 is 0 Å². The smallest absolute Gasteiger partial charge is 0.102 e. The van der Waals surface area contributed by atoms with Crippen molar-refractivity contribution in [3.8, 4) is 6.07 Å². The first kappa shape index (κ1) is 9.49. The zero-order valence-electron chi connectivity index (χ0n) is 7.60. The van der Waals surface area contributed by atoms with Crippen LogP contribution in [-0.4, -0.2) is 20.5 Å². The van der Waals surface area contributed by atoms with E-state index in [2.05, 4.69) is 5.10 Å². The zero-order valence-corrected chi connectivity index (χ0v) is 7.60. The van der Waals surface area contributed by atoms with Gasteiger partial charge >= 0.3 is 0 Å². The highest BCUT2D eigenvalue weighted by Gasteiger charge is 2.21. The largest absolute Gasteiger partial charge is 0.384 e. The second kappa shape index (κ2) is 3.42. The number of hydrogen-bond donors (Lipinski definition) is 1. The van der Waals surface area contributed by atoms with E-state index in [0.717, 1.165) is 0 Å². The minimum Gasteiger partial charge on any atom is -0.384 e. The highest BCUT2D eigenvalue weighted by atomic mass is 16.3. The van der Waals surface area contributed by atoms with Crippen LogP contribution in [0.15, 0.2) is 24.5 Å². The summed E-state index contributed by atoms with van der Waals surface area (Å²) in [6.45, 7) is 3.22. The van der Waals surface area contributed by atoms with Crippen LogP contribution in [-0.2, 0) is 0 Å². The van der Waals surface area contributed by atoms with Gasteiger partial charge in [-0.1, -0.05) is 0 Å². The second-order valence-corrected chi connectivity index (χ2v) is 3.17. The number of hydrogen-bond acceptors (Lipinski definition) is 3. The molecule has 1 aromatic heterocycles. The fourth-order valence-corrected chi connectivity index (χ4v) is 0.996. The van der Waals surface area contributed by atoms with Gasteiger partial charge in [0.1, 0.15) is 5.60 Å². The Kier molecular flexibility index (Phi) is 2.49. The first-order valence-electron chi connectivity index (χ1n) is 3.88. The number of aromatic nitrogens is 2. The Morgan fingerprint density at radius 2 is 2.38 bits per heavy atom. The topological polar surface area (TPSA) is 61.8 Å².